The van der Waals surface area contributed by atoms with Crippen molar-refractivity contribution in [1.29, 1.82) is 0 Å². The molecule has 8 heteroatoms. The number of esters is 1. The van der Waals surface area contributed by atoms with E-state index in [9.17, 15) is 14.4 Å². The van der Waals surface area contributed by atoms with Crippen LogP contribution < -0.4 is 15.5 Å². The van der Waals surface area contributed by atoms with Crippen molar-refractivity contribution < 1.29 is 19.1 Å². The number of carbonyl (C=O) groups is 3. The zero-order valence-electron chi connectivity index (χ0n) is 17.4. The van der Waals surface area contributed by atoms with Crippen LogP contribution in [-0.2, 0) is 9.59 Å². The molecule has 32 heavy (non-hydrogen) atoms. The molecule has 0 spiro atoms. The maximum Gasteiger partial charge on any atom is 0.344 e. The molecule has 0 unspecified atom stereocenters. The highest BCUT2D eigenvalue weighted by molar-refractivity contribution is 9.10. The van der Waals surface area contributed by atoms with Crippen LogP contribution in [0.1, 0.15) is 27.0 Å². The van der Waals surface area contributed by atoms with E-state index < -0.39 is 17.8 Å². The van der Waals surface area contributed by atoms with Gasteiger partial charge in [-0.1, -0.05) is 30.3 Å². The fourth-order valence-corrected chi connectivity index (χ4v) is 3.34. The number of hydrazone groups is 1. The summed E-state index contributed by atoms with van der Waals surface area (Å²) in [7, 11) is 0. The minimum absolute atomic E-state index is 0.314. The highest BCUT2D eigenvalue weighted by Crippen LogP contribution is 2.19. The number of nitrogens with one attached hydrogen (secondary N) is 2. The molecule has 3 rings (SSSR count). The monoisotopic (exact) mass is 493 g/mol. The van der Waals surface area contributed by atoms with Crippen LogP contribution in [0.25, 0.3) is 0 Å². The topological polar surface area (TPSA) is 96.9 Å². The predicted octanol–water partition coefficient (Wildman–Crippen LogP) is 4.37. The quantitative estimate of drug-likeness (QED) is 0.181. The number of ether oxygens (including phenoxy) is 1. The fraction of sp³-hybridized carbons (Fsp3) is 0.0833. The molecule has 162 valence electrons. The average molecular weight is 494 g/mol. The van der Waals surface area contributed by atoms with Crippen molar-refractivity contribution in [2.45, 2.75) is 13.8 Å². The van der Waals surface area contributed by atoms with Gasteiger partial charge in [-0.15, -0.1) is 0 Å². The molecule has 0 aliphatic carbocycles. The molecule has 3 aromatic rings. The molecule has 0 aromatic heterocycles. The SMILES string of the molecule is Cc1cc(C)cc(NC(=O)C(=O)N/N=C/c2cccc(OC(=O)c3ccccc3Br)c2)c1. The van der Waals surface area contributed by atoms with Gasteiger partial charge in [0.25, 0.3) is 0 Å². The van der Waals surface area contributed by atoms with Gasteiger partial charge in [-0.3, -0.25) is 9.59 Å². The number of nitrogens with zero attached hydrogens (tertiary/aromatic N) is 1. The molecule has 0 saturated carbocycles. The van der Waals surface area contributed by atoms with E-state index in [-0.39, 0.29) is 0 Å². The zero-order chi connectivity index (χ0) is 23.1. The number of benzene rings is 3. The number of rotatable bonds is 5. The van der Waals surface area contributed by atoms with Gasteiger partial charge >= 0.3 is 17.8 Å². The van der Waals surface area contributed by atoms with Gasteiger partial charge in [0.2, 0.25) is 0 Å². The summed E-state index contributed by atoms with van der Waals surface area (Å²) >= 11 is 3.32. The summed E-state index contributed by atoms with van der Waals surface area (Å²) in [5.41, 5.74) is 5.62. The van der Waals surface area contributed by atoms with Gasteiger partial charge in [-0.25, -0.2) is 10.2 Å². The van der Waals surface area contributed by atoms with E-state index in [2.05, 4.69) is 31.8 Å². The zero-order valence-corrected chi connectivity index (χ0v) is 19.0. The van der Waals surface area contributed by atoms with Crippen LogP contribution in [0.3, 0.4) is 0 Å². The van der Waals surface area contributed by atoms with Gasteiger partial charge in [-0.2, -0.15) is 5.10 Å². The van der Waals surface area contributed by atoms with Gasteiger partial charge in [0.05, 0.1) is 11.8 Å². The number of halogens is 1. The first kappa shape index (κ1) is 22.9. The molecule has 0 atom stereocenters. The lowest BCUT2D eigenvalue weighted by Crippen LogP contribution is -2.32. The lowest BCUT2D eigenvalue weighted by Gasteiger charge is -2.07. The van der Waals surface area contributed by atoms with Crippen molar-refractivity contribution in [3.05, 3.63) is 93.5 Å². The molecule has 3 aromatic carbocycles. The second-order valence-electron chi connectivity index (χ2n) is 6.97. The molecule has 0 radical (unpaired) electrons. The Kier molecular flexibility index (Phi) is 7.51. The van der Waals surface area contributed by atoms with Crippen molar-refractivity contribution in [1.82, 2.24) is 5.43 Å². The lowest BCUT2D eigenvalue weighted by atomic mass is 10.1. The maximum absolute atomic E-state index is 12.3. The maximum atomic E-state index is 12.3. The van der Waals surface area contributed by atoms with Crippen molar-refractivity contribution >= 4 is 45.6 Å². The first-order chi connectivity index (χ1) is 15.3. The summed E-state index contributed by atoms with van der Waals surface area (Å²) < 4.78 is 6.02. The number of aryl methyl sites for hydroxylation is 2. The molecule has 2 N–H and O–H groups in total. The normalized spacial score (nSPS) is 10.6. The van der Waals surface area contributed by atoms with Crippen molar-refractivity contribution in [3.63, 3.8) is 0 Å². The Balaban J connectivity index is 1.58. The number of hydrogen-bond acceptors (Lipinski definition) is 5. The Morgan fingerprint density at radius 3 is 2.34 bits per heavy atom. The summed E-state index contributed by atoms with van der Waals surface area (Å²) in [6.07, 6.45) is 1.35. The smallest absolute Gasteiger partial charge is 0.344 e. The van der Waals surface area contributed by atoms with Gasteiger partial charge < -0.3 is 10.1 Å². The summed E-state index contributed by atoms with van der Waals surface area (Å²) in [4.78, 5) is 36.4. The second kappa shape index (κ2) is 10.5. The van der Waals surface area contributed by atoms with E-state index in [0.29, 0.717) is 27.0 Å². The Labute approximate surface area is 193 Å². The van der Waals surface area contributed by atoms with Crippen molar-refractivity contribution in [2.75, 3.05) is 5.32 Å². The van der Waals surface area contributed by atoms with Gasteiger partial charge in [-0.05, 0) is 82.9 Å². The third-order valence-electron chi connectivity index (χ3n) is 4.23. The molecule has 0 bridgehead atoms. The number of carbonyl (C=O) groups excluding carboxylic acids is 3. The largest absolute Gasteiger partial charge is 0.423 e. The minimum atomic E-state index is -0.906. The summed E-state index contributed by atoms with van der Waals surface area (Å²) in [5.74, 6) is -1.93. The van der Waals surface area contributed by atoms with E-state index >= 15 is 0 Å². The summed E-state index contributed by atoms with van der Waals surface area (Å²) in [5, 5.41) is 6.34. The Morgan fingerprint density at radius 1 is 0.906 bits per heavy atom. The highest BCUT2D eigenvalue weighted by Gasteiger charge is 2.14. The summed E-state index contributed by atoms with van der Waals surface area (Å²) in [6, 6.07) is 19.0. The molecule has 2 amide bonds. The molecule has 0 fully saturated rings. The van der Waals surface area contributed by atoms with Crippen LogP contribution in [0.4, 0.5) is 5.69 Å². The van der Waals surface area contributed by atoms with E-state index in [0.717, 1.165) is 11.1 Å². The number of anilines is 1. The number of amides is 2. The third-order valence-corrected chi connectivity index (χ3v) is 4.92. The minimum Gasteiger partial charge on any atom is -0.423 e. The van der Waals surface area contributed by atoms with Crippen LogP contribution in [0.5, 0.6) is 5.75 Å². The first-order valence-corrected chi connectivity index (χ1v) is 10.4. The van der Waals surface area contributed by atoms with Crippen LogP contribution in [0, 0.1) is 13.8 Å². The van der Waals surface area contributed by atoms with E-state index in [1.165, 1.54) is 6.21 Å². The molecular weight excluding hydrogens is 474 g/mol. The highest BCUT2D eigenvalue weighted by atomic mass is 79.9. The third kappa shape index (κ3) is 6.36. The average Bonchev–Trinajstić information content (AvgIpc) is 2.73. The Morgan fingerprint density at radius 2 is 1.62 bits per heavy atom. The van der Waals surface area contributed by atoms with Gasteiger partial charge in [0, 0.05) is 10.2 Å². The molecule has 0 aliphatic heterocycles. The molecule has 0 heterocycles. The molecule has 0 saturated heterocycles. The Bertz CT molecular complexity index is 1190. The summed E-state index contributed by atoms with van der Waals surface area (Å²) in [6.45, 7) is 3.80. The van der Waals surface area contributed by atoms with Gasteiger partial charge in [0.1, 0.15) is 5.75 Å². The molecule has 7 nitrogen and oxygen atoms in total. The molecule has 0 aliphatic rings. The second-order valence-corrected chi connectivity index (χ2v) is 7.83. The van der Waals surface area contributed by atoms with E-state index in [1.54, 1.807) is 60.7 Å². The number of hydrogen-bond donors (Lipinski definition) is 2. The van der Waals surface area contributed by atoms with Crippen LogP contribution in [-0.4, -0.2) is 24.0 Å². The van der Waals surface area contributed by atoms with Gasteiger partial charge in [0.15, 0.2) is 0 Å². The van der Waals surface area contributed by atoms with Crippen molar-refractivity contribution in [2.24, 2.45) is 5.10 Å². The van der Waals surface area contributed by atoms with E-state index in [1.807, 2.05) is 19.9 Å². The first-order valence-electron chi connectivity index (χ1n) is 9.61. The Hall–Kier alpha value is -3.78. The lowest BCUT2D eigenvalue weighted by molar-refractivity contribution is -0.136. The fourth-order valence-electron chi connectivity index (χ4n) is 2.90. The standard InChI is InChI=1S/C24H20BrN3O4/c1-15-10-16(2)12-18(11-15)27-22(29)23(30)28-26-14-17-6-5-7-19(13-17)32-24(31)20-8-3-4-9-21(20)25/h3-14H,1-2H3,(H,27,29)(H,28,30)/b26-14+. The predicted molar refractivity (Wildman–Crippen MR) is 126 cm³/mol. The van der Waals surface area contributed by atoms with Crippen molar-refractivity contribution in [3.8, 4) is 5.75 Å². The molecular formula is C24H20BrN3O4. The van der Waals surface area contributed by atoms with E-state index in [4.69, 9.17) is 4.74 Å². The van der Waals surface area contributed by atoms with Crippen LogP contribution in [0.2, 0.25) is 0 Å². The van der Waals surface area contributed by atoms with Crippen LogP contribution in [0.15, 0.2) is 76.3 Å². The van der Waals surface area contributed by atoms with Crippen LogP contribution >= 0.6 is 15.9 Å².